The van der Waals surface area contributed by atoms with Crippen LogP contribution in [0.3, 0.4) is 0 Å². The Labute approximate surface area is 121 Å². The number of halogens is 2. The SMILES string of the molecule is Cc1cc(NC(=O)c2ccc(F)c(Cl)c2)c(C)cc1N. The lowest BCUT2D eigenvalue weighted by atomic mass is 10.1. The second-order valence-corrected chi connectivity index (χ2v) is 5.01. The molecule has 0 aliphatic carbocycles. The number of nitrogen functional groups attached to an aromatic ring is 1. The molecule has 20 heavy (non-hydrogen) atoms. The Hall–Kier alpha value is -2.07. The van der Waals surface area contributed by atoms with E-state index in [1.165, 1.54) is 18.2 Å². The summed E-state index contributed by atoms with van der Waals surface area (Å²) < 4.78 is 13.1. The highest BCUT2D eigenvalue weighted by Gasteiger charge is 2.11. The predicted molar refractivity (Wildman–Crippen MR) is 79.7 cm³/mol. The van der Waals surface area contributed by atoms with Crippen LogP contribution in [-0.4, -0.2) is 5.91 Å². The molecular weight excluding hydrogens is 279 g/mol. The third-order valence-electron chi connectivity index (χ3n) is 3.04. The van der Waals surface area contributed by atoms with E-state index in [4.69, 9.17) is 17.3 Å². The second-order valence-electron chi connectivity index (χ2n) is 4.61. The lowest BCUT2D eigenvalue weighted by molar-refractivity contribution is 0.102. The number of nitrogens with one attached hydrogen (secondary N) is 1. The van der Waals surface area contributed by atoms with Crippen molar-refractivity contribution >= 4 is 28.9 Å². The van der Waals surface area contributed by atoms with Gasteiger partial charge in [-0.15, -0.1) is 0 Å². The van der Waals surface area contributed by atoms with Gasteiger partial charge in [-0.25, -0.2) is 4.39 Å². The summed E-state index contributed by atoms with van der Waals surface area (Å²) in [4.78, 5) is 12.1. The average Bonchev–Trinajstić information content (AvgIpc) is 2.39. The van der Waals surface area contributed by atoms with E-state index in [0.29, 0.717) is 16.9 Å². The number of anilines is 2. The van der Waals surface area contributed by atoms with Gasteiger partial charge in [-0.1, -0.05) is 11.6 Å². The molecule has 0 saturated carbocycles. The van der Waals surface area contributed by atoms with E-state index in [9.17, 15) is 9.18 Å². The van der Waals surface area contributed by atoms with E-state index in [1.807, 2.05) is 13.8 Å². The van der Waals surface area contributed by atoms with Gasteiger partial charge in [0.05, 0.1) is 5.02 Å². The van der Waals surface area contributed by atoms with E-state index in [-0.39, 0.29) is 10.9 Å². The zero-order chi connectivity index (χ0) is 14.9. The maximum absolute atomic E-state index is 13.1. The van der Waals surface area contributed by atoms with Crippen LogP contribution in [-0.2, 0) is 0 Å². The van der Waals surface area contributed by atoms with Crippen molar-refractivity contribution in [2.45, 2.75) is 13.8 Å². The first-order valence-corrected chi connectivity index (χ1v) is 6.39. The van der Waals surface area contributed by atoms with Gasteiger partial charge in [0.2, 0.25) is 0 Å². The fourth-order valence-electron chi connectivity index (χ4n) is 1.81. The minimum absolute atomic E-state index is 0.0807. The topological polar surface area (TPSA) is 55.1 Å². The summed E-state index contributed by atoms with van der Waals surface area (Å²) >= 11 is 5.67. The molecule has 2 aromatic carbocycles. The molecule has 104 valence electrons. The predicted octanol–water partition coefficient (Wildman–Crippen LogP) is 3.93. The van der Waals surface area contributed by atoms with Crippen molar-refractivity contribution in [3.05, 3.63) is 57.9 Å². The van der Waals surface area contributed by atoms with Gasteiger partial charge in [-0.3, -0.25) is 4.79 Å². The number of carbonyl (C=O) groups excluding carboxylic acids is 1. The summed E-state index contributed by atoms with van der Waals surface area (Å²) in [6.07, 6.45) is 0. The highest BCUT2D eigenvalue weighted by atomic mass is 35.5. The van der Waals surface area contributed by atoms with Gasteiger partial charge in [0.25, 0.3) is 5.91 Å². The third-order valence-corrected chi connectivity index (χ3v) is 3.33. The number of carbonyl (C=O) groups is 1. The zero-order valence-corrected chi connectivity index (χ0v) is 11.9. The summed E-state index contributed by atoms with van der Waals surface area (Å²) in [6, 6.07) is 7.44. The Morgan fingerprint density at radius 2 is 1.90 bits per heavy atom. The molecule has 0 aromatic heterocycles. The normalized spacial score (nSPS) is 10.4. The Morgan fingerprint density at radius 3 is 2.55 bits per heavy atom. The fraction of sp³-hybridized carbons (Fsp3) is 0.133. The van der Waals surface area contributed by atoms with E-state index < -0.39 is 5.82 Å². The van der Waals surface area contributed by atoms with Crippen LogP contribution < -0.4 is 11.1 Å². The molecule has 0 aliphatic heterocycles. The molecule has 3 N–H and O–H groups in total. The number of aryl methyl sites for hydroxylation is 2. The minimum atomic E-state index is -0.553. The standard InChI is InChI=1S/C15H14ClFN2O/c1-8-6-14(9(2)5-13(8)18)19-15(20)10-3-4-12(17)11(16)7-10/h3-7H,18H2,1-2H3,(H,19,20). The maximum Gasteiger partial charge on any atom is 0.255 e. The number of nitrogens with two attached hydrogens (primary N) is 1. The van der Waals surface area contributed by atoms with E-state index in [2.05, 4.69) is 5.32 Å². The monoisotopic (exact) mass is 292 g/mol. The molecule has 0 heterocycles. The first kappa shape index (κ1) is 14.3. The summed E-state index contributed by atoms with van der Waals surface area (Å²) in [5.74, 6) is -0.901. The van der Waals surface area contributed by atoms with Crippen molar-refractivity contribution in [3.63, 3.8) is 0 Å². The first-order chi connectivity index (χ1) is 9.38. The smallest absolute Gasteiger partial charge is 0.255 e. The summed E-state index contributed by atoms with van der Waals surface area (Å²) in [5.41, 5.74) is 9.17. The number of benzene rings is 2. The van der Waals surface area contributed by atoms with Crippen LogP contribution in [0.5, 0.6) is 0 Å². The molecule has 0 atom stereocenters. The Morgan fingerprint density at radius 1 is 1.20 bits per heavy atom. The molecule has 3 nitrogen and oxygen atoms in total. The molecule has 2 aromatic rings. The first-order valence-electron chi connectivity index (χ1n) is 6.01. The number of amides is 1. The third kappa shape index (κ3) is 2.91. The molecule has 0 spiro atoms. The van der Waals surface area contributed by atoms with Crippen LogP contribution >= 0.6 is 11.6 Å². The molecule has 0 saturated heterocycles. The molecule has 2 rings (SSSR count). The summed E-state index contributed by atoms with van der Waals surface area (Å²) in [5, 5.41) is 2.68. The zero-order valence-electron chi connectivity index (χ0n) is 11.1. The van der Waals surface area contributed by atoms with Gasteiger partial charge in [-0.2, -0.15) is 0 Å². The van der Waals surface area contributed by atoms with Crippen LogP contribution in [0, 0.1) is 19.7 Å². The van der Waals surface area contributed by atoms with Crippen molar-refractivity contribution in [2.24, 2.45) is 0 Å². The minimum Gasteiger partial charge on any atom is -0.399 e. The van der Waals surface area contributed by atoms with Gasteiger partial charge < -0.3 is 11.1 Å². The van der Waals surface area contributed by atoms with Crippen LogP contribution in [0.1, 0.15) is 21.5 Å². The van der Waals surface area contributed by atoms with Crippen LogP contribution in [0.2, 0.25) is 5.02 Å². The van der Waals surface area contributed by atoms with Gasteiger partial charge in [0, 0.05) is 16.9 Å². The van der Waals surface area contributed by atoms with E-state index >= 15 is 0 Å². The number of hydrogen-bond acceptors (Lipinski definition) is 2. The lowest BCUT2D eigenvalue weighted by Crippen LogP contribution is -2.13. The van der Waals surface area contributed by atoms with Crippen molar-refractivity contribution in [3.8, 4) is 0 Å². The van der Waals surface area contributed by atoms with Crippen molar-refractivity contribution in [1.82, 2.24) is 0 Å². The van der Waals surface area contributed by atoms with Crippen molar-refractivity contribution in [1.29, 1.82) is 0 Å². The van der Waals surface area contributed by atoms with Crippen molar-refractivity contribution < 1.29 is 9.18 Å². The van der Waals surface area contributed by atoms with Gasteiger partial charge in [0.1, 0.15) is 5.82 Å². The van der Waals surface area contributed by atoms with Crippen LogP contribution in [0.4, 0.5) is 15.8 Å². The molecule has 1 amide bonds. The number of hydrogen-bond donors (Lipinski definition) is 2. The van der Waals surface area contributed by atoms with Gasteiger partial charge in [0.15, 0.2) is 0 Å². The molecule has 0 unspecified atom stereocenters. The molecular formula is C15H14ClFN2O. The summed E-state index contributed by atoms with van der Waals surface area (Å²) in [7, 11) is 0. The molecule has 0 aliphatic rings. The Balaban J connectivity index is 2.27. The molecule has 5 heteroatoms. The molecule has 0 bridgehead atoms. The highest BCUT2D eigenvalue weighted by Crippen LogP contribution is 2.23. The van der Waals surface area contributed by atoms with E-state index in [1.54, 1.807) is 12.1 Å². The summed E-state index contributed by atoms with van der Waals surface area (Å²) in [6.45, 7) is 3.71. The second kappa shape index (κ2) is 5.51. The highest BCUT2D eigenvalue weighted by molar-refractivity contribution is 6.31. The van der Waals surface area contributed by atoms with Crippen LogP contribution in [0.25, 0.3) is 0 Å². The Bertz CT molecular complexity index is 686. The lowest BCUT2D eigenvalue weighted by Gasteiger charge is -2.11. The number of rotatable bonds is 2. The van der Waals surface area contributed by atoms with E-state index in [0.717, 1.165) is 11.1 Å². The Kier molecular flexibility index (Phi) is 3.95. The fourth-order valence-corrected chi connectivity index (χ4v) is 1.99. The molecule has 0 radical (unpaired) electrons. The van der Waals surface area contributed by atoms with Crippen LogP contribution in [0.15, 0.2) is 30.3 Å². The molecule has 0 fully saturated rings. The van der Waals surface area contributed by atoms with Gasteiger partial charge >= 0.3 is 0 Å². The largest absolute Gasteiger partial charge is 0.399 e. The maximum atomic E-state index is 13.1. The quantitative estimate of drug-likeness (QED) is 0.824. The van der Waals surface area contributed by atoms with Gasteiger partial charge in [-0.05, 0) is 55.3 Å². The average molecular weight is 293 g/mol. The van der Waals surface area contributed by atoms with Crippen molar-refractivity contribution in [2.75, 3.05) is 11.1 Å².